The van der Waals surface area contributed by atoms with Crippen LogP contribution in [0.25, 0.3) is 0 Å². The number of benzene rings is 1. The largest absolute Gasteiger partial charge is 0.488 e. The molecule has 1 saturated heterocycles. The molecule has 3 nitrogen and oxygen atoms in total. The van der Waals surface area contributed by atoms with Crippen molar-refractivity contribution >= 4 is 0 Å². The average molecular weight is 247 g/mol. The summed E-state index contributed by atoms with van der Waals surface area (Å²) < 4.78 is 11.4. The number of ether oxygens (including phenoxy) is 2. The Morgan fingerprint density at radius 2 is 2.17 bits per heavy atom. The van der Waals surface area contributed by atoms with Gasteiger partial charge in [0.15, 0.2) is 0 Å². The van der Waals surface area contributed by atoms with Gasteiger partial charge in [-0.25, -0.2) is 0 Å². The molecule has 2 aliphatic rings. The number of rotatable bonds is 2. The zero-order valence-corrected chi connectivity index (χ0v) is 10.7. The second-order valence-corrected chi connectivity index (χ2v) is 5.32. The van der Waals surface area contributed by atoms with Crippen molar-refractivity contribution in [1.82, 2.24) is 0 Å². The van der Waals surface area contributed by atoms with Crippen LogP contribution in [-0.4, -0.2) is 19.3 Å². The van der Waals surface area contributed by atoms with Crippen LogP contribution >= 0.6 is 0 Å². The van der Waals surface area contributed by atoms with Crippen molar-refractivity contribution in [3.8, 4) is 5.75 Å². The fraction of sp³-hybridized carbons (Fsp3) is 0.600. The summed E-state index contributed by atoms with van der Waals surface area (Å²) in [6, 6.07) is 6.56. The molecule has 2 unspecified atom stereocenters. The minimum absolute atomic E-state index is 0.180. The van der Waals surface area contributed by atoms with Crippen LogP contribution < -0.4 is 10.5 Å². The van der Waals surface area contributed by atoms with Crippen molar-refractivity contribution in [1.29, 1.82) is 0 Å². The van der Waals surface area contributed by atoms with Crippen molar-refractivity contribution in [2.75, 3.05) is 13.2 Å². The SMILES string of the molecule is NC1CCCc2ccc(OC3CCCOC3)cc21. The summed E-state index contributed by atoms with van der Waals surface area (Å²) in [7, 11) is 0. The Hall–Kier alpha value is -1.06. The van der Waals surface area contributed by atoms with Crippen LogP contribution in [0.15, 0.2) is 18.2 Å². The topological polar surface area (TPSA) is 44.5 Å². The highest BCUT2D eigenvalue weighted by Gasteiger charge is 2.19. The van der Waals surface area contributed by atoms with Crippen LogP contribution in [0.3, 0.4) is 0 Å². The molecular formula is C15H21NO2. The lowest BCUT2D eigenvalue weighted by Gasteiger charge is -2.26. The minimum Gasteiger partial charge on any atom is -0.488 e. The van der Waals surface area contributed by atoms with Gasteiger partial charge in [-0.05, 0) is 55.4 Å². The molecule has 2 atom stereocenters. The fourth-order valence-electron chi connectivity index (χ4n) is 2.88. The van der Waals surface area contributed by atoms with Gasteiger partial charge in [0, 0.05) is 12.6 Å². The molecule has 0 radical (unpaired) electrons. The fourth-order valence-corrected chi connectivity index (χ4v) is 2.88. The van der Waals surface area contributed by atoms with Gasteiger partial charge in [0.05, 0.1) is 6.61 Å². The predicted molar refractivity (Wildman–Crippen MR) is 70.8 cm³/mol. The monoisotopic (exact) mass is 247 g/mol. The van der Waals surface area contributed by atoms with E-state index in [1.807, 2.05) is 0 Å². The van der Waals surface area contributed by atoms with Crippen LogP contribution in [0, 0.1) is 0 Å². The molecule has 0 bridgehead atoms. The summed E-state index contributed by atoms with van der Waals surface area (Å²) in [6.45, 7) is 1.58. The first-order chi connectivity index (χ1) is 8.83. The molecule has 1 aliphatic carbocycles. The molecule has 3 rings (SSSR count). The summed E-state index contributed by atoms with van der Waals surface area (Å²) in [5, 5.41) is 0. The Morgan fingerprint density at radius 3 is 3.00 bits per heavy atom. The maximum Gasteiger partial charge on any atom is 0.122 e. The Morgan fingerprint density at radius 1 is 1.22 bits per heavy atom. The molecule has 1 heterocycles. The van der Waals surface area contributed by atoms with Crippen molar-refractivity contribution < 1.29 is 9.47 Å². The number of nitrogens with two attached hydrogens (primary N) is 1. The maximum atomic E-state index is 6.17. The summed E-state index contributed by atoms with van der Waals surface area (Å²) >= 11 is 0. The van der Waals surface area contributed by atoms with Gasteiger partial charge in [0.1, 0.15) is 11.9 Å². The summed E-state index contributed by atoms with van der Waals surface area (Å²) in [4.78, 5) is 0. The van der Waals surface area contributed by atoms with Gasteiger partial charge in [-0.15, -0.1) is 0 Å². The third-order valence-corrected chi connectivity index (χ3v) is 3.90. The highest BCUT2D eigenvalue weighted by Crippen LogP contribution is 2.31. The minimum atomic E-state index is 0.180. The zero-order valence-electron chi connectivity index (χ0n) is 10.7. The molecule has 2 N–H and O–H groups in total. The van der Waals surface area contributed by atoms with E-state index < -0.39 is 0 Å². The molecular weight excluding hydrogens is 226 g/mol. The number of aryl methyl sites for hydroxylation is 1. The third kappa shape index (κ3) is 2.52. The second-order valence-electron chi connectivity index (χ2n) is 5.32. The Labute approximate surface area is 108 Å². The summed E-state index contributed by atoms with van der Waals surface area (Å²) in [5.41, 5.74) is 8.83. The smallest absolute Gasteiger partial charge is 0.122 e. The Bertz CT molecular complexity index is 413. The van der Waals surface area contributed by atoms with Crippen LogP contribution in [0.5, 0.6) is 5.75 Å². The Balaban J connectivity index is 1.74. The molecule has 18 heavy (non-hydrogen) atoms. The molecule has 0 spiro atoms. The standard InChI is InChI=1S/C15H21NO2/c16-15-5-1-3-11-6-7-12(9-14(11)15)18-13-4-2-8-17-10-13/h6-7,9,13,15H,1-5,8,10,16H2. The quantitative estimate of drug-likeness (QED) is 0.873. The van der Waals surface area contributed by atoms with E-state index >= 15 is 0 Å². The highest BCUT2D eigenvalue weighted by molar-refractivity contribution is 5.39. The van der Waals surface area contributed by atoms with Crippen molar-refractivity contribution in [2.24, 2.45) is 5.73 Å². The molecule has 0 saturated carbocycles. The van der Waals surface area contributed by atoms with Crippen LogP contribution in [0.2, 0.25) is 0 Å². The number of hydrogen-bond acceptors (Lipinski definition) is 3. The van der Waals surface area contributed by atoms with E-state index in [1.54, 1.807) is 0 Å². The first-order valence-electron chi connectivity index (χ1n) is 6.96. The van der Waals surface area contributed by atoms with E-state index in [-0.39, 0.29) is 12.1 Å². The molecule has 3 heteroatoms. The van der Waals surface area contributed by atoms with Gasteiger partial charge in [-0.1, -0.05) is 6.07 Å². The van der Waals surface area contributed by atoms with E-state index in [0.29, 0.717) is 6.61 Å². The molecule has 1 aromatic rings. The van der Waals surface area contributed by atoms with E-state index in [1.165, 1.54) is 17.5 Å². The molecule has 1 aliphatic heterocycles. The average Bonchev–Trinajstić information content (AvgIpc) is 2.41. The first kappa shape index (κ1) is 12.0. The van der Waals surface area contributed by atoms with Gasteiger partial charge in [-0.3, -0.25) is 0 Å². The molecule has 1 fully saturated rings. The van der Waals surface area contributed by atoms with Crippen molar-refractivity contribution in [3.05, 3.63) is 29.3 Å². The van der Waals surface area contributed by atoms with Gasteiger partial charge < -0.3 is 15.2 Å². The van der Waals surface area contributed by atoms with Gasteiger partial charge in [0.25, 0.3) is 0 Å². The molecule has 98 valence electrons. The van der Waals surface area contributed by atoms with E-state index in [9.17, 15) is 0 Å². The lowest BCUT2D eigenvalue weighted by atomic mass is 9.88. The van der Waals surface area contributed by atoms with Gasteiger partial charge >= 0.3 is 0 Å². The first-order valence-corrected chi connectivity index (χ1v) is 6.96. The Kier molecular flexibility index (Phi) is 3.52. The highest BCUT2D eigenvalue weighted by atomic mass is 16.5. The van der Waals surface area contributed by atoms with Crippen LogP contribution in [-0.2, 0) is 11.2 Å². The van der Waals surface area contributed by atoms with E-state index in [2.05, 4.69) is 18.2 Å². The number of fused-ring (bicyclic) bond motifs is 1. The van der Waals surface area contributed by atoms with E-state index in [4.69, 9.17) is 15.2 Å². The van der Waals surface area contributed by atoms with E-state index in [0.717, 1.165) is 38.0 Å². The second kappa shape index (κ2) is 5.29. The lowest BCUT2D eigenvalue weighted by Crippen LogP contribution is -2.28. The summed E-state index contributed by atoms with van der Waals surface area (Å²) in [5.74, 6) is 0.946. The molecule has 0 amide bonds. The predicted octanol–water partition coefficient (Wildman–Crippen LogP) is 2.58. The maximum absolute atomic E-state index is 6.17. The van der Waals surface area contributed by atoms with Crippen molar-refractivity contribution in [3.63, 3.8) is 0 Å². The summed E-state index contributed by atoms with van der Waals surface area (Å²) in [6.07, 6.45) is 5.82. The molecule has 0 aromatic heterocycles. The van der Waals surface area contributed by atoms with Crippen LogP contribution in [0.1, 0.15) is 42.9 Å². The third-order valence-electron chi connectivity index (χ3n) is 3.90. The van der Waals surface area contributed by atoms with Gasteiger partial charge in [-0.2, -0.15) is 0 Å². The normalized spacial score (nSPS) is 27.6. The number of hydrogen-bond donors (Lipinski definition) is 1. The lowest BCUT2D eigenvalue weighted by molar-refractivity contribution is 0.00737. The van der Waals surface area contributed by atoms with Crippen molar-refractivity contribution in [2.45, 2.75) is 44.2 Å². The van der Waals surface area contributed by atoms with Gasteiger partial charge in [0.2, 0.25) is 0 Å². The van der Waals surface area contributed by atoms with Crippen LogP contribution in [0.4, 0.5) is 0 Å². The molecule has 1 aromatic carbocycles. The zero-order chi connectivity index (χ0) is 12.4.